The average molecular weight is 531 g/mol. The molecule has 216 valence electrons. The van der Waals surface area contributed by atoms with E-state index in [-0.39, 0.29) is 64.1 Å². The third-order valence-electron chi connectivity index (χ3n) is 10.0. The topological polar surface area (TPSA) is 76.7 Å². The second kappa shape index (κ2) is 9.90. The molecule has 8 unspecified atom stereocenters. The van der Waals surface area contributed by atoms with E-state index in [1.807, 2.05) is 0 Å². The molecule has 3 saturated heterocycles. The average Bonchev–Trinajstić information content (AvgIpc) is 3.09. The highest BCUT2D eigenvalue weighted by molar-refractivity contribution is 5.84. The van der Waals surface area contributed by atoms with Gasteiger partial charge in [-0.05, 0) is 92.9 Å². The third kappa shape index (κ3) is 6.01. The van der Waals surface area contributed by atoms with Gasteiger partial charge in [-0.3, -0.25) is 9.59 Å². The van der Waals surface area contributed by atoms with Gasteiger partial charge in [-0.1, -0.05) is 25.0 Å². The Morgan fingerprint density at radius 2 is 1.21 bits per heavy atom. The smallest absolute Gasteiger partial charge is 0.310 e. The number of allylic oxidation sites excluding steroid dienone is 2. The number of ether oxygens (including phenoxy) is 2. The maximum Gasteiger partial charge on any atom is 0.310 e. The number of hydrogen-bond acceptors (Lipinski definition) is 6. The van der Waals surface area contributed by atoms with Gasteiger partial charge in [0.1, 0.15) is 12.2 Å². The summed E-state index contributed by atoms with van der Waals surface area (Å²) in [6, 6.07) is 0. The molecule has 8 atom stereocenters. The third-order valence-corrected chi connectivity index (χ3v) is 10.0. The normalized spacial score (nSPS) is 42.6. The molecule has 4 fully saturated rings. The molecule has 3 heterocycles. The first-order valence-corrected chi connectivity index (χ1v) is 15.0. The molecular formula is C32H54N2O4. The van der Waals surface area contributed by atoms with Crippen molar-refractivity contribution in [2.75, 3.05) is 0 Å². The minimum atomic E-state index is -0.504. The Bertz CT molecular complexity index is 980. The number of rotatable bonds is 2. The second-order valence-corrected chi connectivity index (χ2v) is 15.7. The van der Waals surface area contributed by atoms with Crippen LogP contribution in [0.5, 0.6) is 0 Å². The molecule has 1 aliphatic carbocycles. The minimum absolute atomic E-state index is 0.00147. The summed E-state index contributed by atoms with van der Waals surface area (Å²) in [6.45, 7) is 24.1. The van der Waals surface area contributed by atoms with Crippen molar-refractivity contribution in [1.82, 2.24) is 10.6 Å². The van der Waals surface area contributed by atoms with Crippen molar-refractivity contribution in [1.29, 1.82) is 0 Å². The summed E-state index contributed by atoms with van der Waals surface area (Å²) in [4.78, 5) is 28.3. The van der Waals surface area contributed by atoms with Crippen molar-refractivity contribution >= 4 is 11.9 Å². The lowest BCUT2D eigenvalue weighted by Crippen LogP contribution is -2.68. The Morgan fingerprint density at radius 1 is 0.763 bits per heavy atom. The quantitative estimate of drug-likeness (QED) is 0.340. The van der Waals surface area contributed by atoms with Crippen LogP contribution >= 0.6 is 0 Å². The van der Waals surface area contributed by atoms with Crippen LogP contribution in [0.1, 0.15) is 115 Å². The van der Waals surface area contributed by atoms with E-state index < -0.39 is 11.8 Å². The lowest BCUT2D eigenvalue weighted by atomic mass is 9.69. The number of carbonyl (C=O) groups is 2. The zero-order valence-electron chi connectivity index (χ0n) is 25.9. The van der Waals surface area contributed by atoms with E-state index in [1.165, 1.54) is 11.1 Å². The van der Waals surface area contributed by atoms with Gasteiger partial charge in [0, 0.05) is 47.8 Å². The fourth-order valence-electron chi connectivity index (χ4n) is 9.11. The van der Waals surface area contributed by atoms with E-state index >= 15 is 0 Å². The van der Waals surface area contributed by atoms with Crippen LogP contribution in [-0.4, -0.2) is 46.3 Å². The Morgan fingerprint density at radius 3 is 1.63 bits per heavy atom. The molecule has 0 aromatic heterocycles. The first-order valence-electron chi connectivity index (χ1n) is 15.0. The van der Waals surface area contributed by atoms with Gasteiger partial charge < -0.3 is 20.1 Å². The van der Waals surface area contributed by atoms with Crippen LogP contribution in [0.2, 0.25) is 0 Å². The minimum Gasteiger partial charge on any atom is -0.462 e. The molecule has 2 N–H and O–H groups in total. The summed E-state index contributed by atoms with van der Waals surface area (Å²) in [5.41, 5.74) is 1.64. The van der Waals surface area contributed by atoms with Crippen molar-refractivity contribution < 1.29 is 19.1 Å². The number of carbonyl (C=O) groups excluding carboxylic acids is 2. The Labute approximate surface area is 231 Å². The van der Waals surface area contributed by atoms with Gasteiger partial charge in [0.15, 0.2) is 0 Å². The van der Waals surface area contributed by atoms with Crippen molar-refractivity contribution in [3.8, 4) is 0 Å². The standard InChI is InChI=1S/C32H54N2O4/c1-18(2)20(5)24-12-23(19(3)4)25-26(24)28(36)38-22-14-30(8,9)34-32(11,16-22)17-31(10)15-21(37-27(25)35)13-29(6,7)33-31/h19,21-26,33-34H,12-17H2,1-11H3. The fraction of sp³-hybridized carbons (Fsp3) is 0.875. The zero-order chi connectivity index (χ0) is 28.4. The number of fused-ring (bicyclic) bond motifs is 5. The van der Waals surface area contributed by atoms with Crippen LogP contribution in [0.3, 0.4) is 0 Å². The number of esters is 2. The summed E-state index contributed by atoms with van der Waals surface area (Å²) < 4.78 is 12.9. The van der Waals surface area contributed by atoms with Crippen LogP contribution in [-0.2, 0) is 19.1 Å². The molecule has 4 aliphatic rings. The van der Waals surface area contributed by atoms with E-state index in [1.54, 1.807) is 0 Å². The molecule has 3 aliphatic heterocycles. The molecule has 38 heavy (non-hydrogen) atoms. The van der Waals surface area contributed by atoms with Gasteiger partial charge in [-0.25, -0.2) is 0 Å². The Balaban J connectivity index is 1.82. The predicted octanol–water partition coefficient (Wildman–Crippen LogP) is 5.94. The molecule has 6 nitrogen and oxygen atoms in total. The highest BCUT2D eigenvalue weighted by Crippen LogP contribution is 2.51. The highest BCUT2D eigenvalue weighted by atomic mass is 16.6. The van der Waals surface area contributed by atoms with Gasteiger partial charge in [-0.2, -0.15) is 0 Å². The lowest BCUT2D eigenvalue weighted by Gasteiger charge is -2.54. The first-order chi connectivity index (χ1) is 17.3. The predicted molar refractivity (Wildman–Crippen MR) is 152 cm³/mol. The van der Waals surface area contributed by atoms with E-state index in [0.29, 0.717) is 0 Å². The van der Waals surface area contributed by atoms with Crippen molar-refractivity contribution in [3.63, 3.8) is 0 Å². The number of piperidine rings is 2. The summed E-state index contributed by atoms with van der Waals surface area (Å²) in [6.07, 6.45) is 4.34. The fourth-order valence-corrected chi connectivity index (χ4v) is 9.11. The van der Waals surface area contributed by atoms with E-state index in [9.17, 15) is 9.59 Å². The van der Waals surface area contributed by atoms with Gasteiger partial charge in [0.05, 0.1) is 11.8 Å². The molecule has 4 rings (SSSR count). The SMILES string of the molecule is CC(C)=C(C)C1CC(C(C)C)C2C(=O)OC3CC(C)(C)NC(C)(C3)CC3(C)CC(CC(C)(C)N3)OC(=O)C12. The lowest BCUT2D eigenvalue weighted by molar-refractivity contribution is -0.171. The maximum atomic E-state index is 14.2. The van der Waals surface area contributed by atoms with Crippen LogP contribution in [0.4, 0.5) is 0 Å². The monoisotopic (exact) mass is 530 g/mol. The van der Waals surface area contributed by atoms with Crippen LogP contribution < -0.4 is 10.6 Å². The molecular weight excluding hydrogens is 476 g/mol. The largest absolute Gasteiger partial charge is 0.462 e. The molecule has 0 aromatic rings. The molecule has 4 bridgehead atoms. The summed E-state index contributed by atoms with van der Waals surface area (Å²) in [5, 5.41) is 7.82. The Hall–Kier alpha value is -1.40. The van der Waals surface area contributed by atoms with Gasteiger partial charge in [-0.15, -0.1) is 0 Å². The van der Waals surface area contributed by atoms with E-state index in [0.717, 1.165) is 38.5 Å². The van der Waals surface area contributed by atoms with Gasteiger partial charge >= 0.3 is 11.9 Å². The molecule has 0 spiro atoms. The van der Waals surface area contributed by atoms with E-state index in [2.05, 4.69) is 86.8 Å². The van der Waals surface area contributed by atoms with Gasteiger partial charge in [0.25, 0.3) is 0 Å². The number of hydrogen-bond donors (Lipinski definition) is 2. The zero-order valence-corrected chi connectivity index (χ0v) is 25.9. The van der Waals surface area contributed by atoms with Crippen molar-refractivity contribution in [3.05, 3.63) is 11.1 Å². The molecule has 6 heteroatoms. The summed E-state index contributed by atoms with van der Waals surface area (Å²) in [5.74, 6) is -1.05. The first kappa shape index (κ1) is 29.6. The number of nitrogens with one attached hydrogen (secondary N) is 2. The van der Waals surface area contributed by atoms with Crippen molar-refractivity contribution in [2.45, 2.75) is 149 Å². The Kier molecular flexibility index (Phi) is 7.71. The molecule has 0 aromatic carbocycles. The molecule has 0 radical (unpaired) electrons. The van der Waals surface area contributed by atoms with Crippen LogP contribution in [0.25, 0.3) is 0 Å². The molecule has 0 amide bonds. The van der Waals surface area contributed by atoms with Gasteiger partial charge in [0.2, 0.25) is 0 Å². The summed E-state index contributed by atoms with van der Waals surface area (Å²) in [7, 11) is 0. The second-order valence-electron chi connectivity index (χ2n) is 15.7. The van der Waals surface area contributed by atoms with Crippen molar-refractivity contribution in [2.24, 2.45) is 29.6 Å². The van der Waals surface area contributed by atoms with Crippen LogP contribution in [0, 0.1) is 29.6 Å². The molecule has 1 saturated carbocycles. The highest BCUT2D eigenvalue weighted by Gasteiger charge is 2.56. The maximum absolute atomic E-state index is 14.2. The van der Waals surface area contributed by atoms with Crippen LogP contribution in [0.15, 0.2) is 11.1 Å². The van der Waals surface area contributed by atoms with E-state index in [4.69, 9.17) is 9.47 Å². The summed E-state index contributed by atoms with van der Waals surface area (Å²) >= 11 is 0.